The van der Waals surface area contributed by atoms with E-state index in [1.165, 1.54) is 6.42 Å². The summed E-state index contributed by atoms with van der Waals surface area (Å²) >= 11 is 0. The maximum absolute atomic E-state index is 13.1. The first-order chi connectivity index (χ1) is 17.2. The standard InChI is InChI=1S/C27H36N3O6/c1-3-27(17-31,18-32)30-26(35)23(29-24(33)14-9-19(2)25(28)34)15-20-10-12-22(13-11-20)36-16-21-7-5-4-6-8-21/h4-8,10-14,19,23,31-32H,3,9,15-18H2,1-2H3,(H2,28,34)(H,29,33)(H,30,35). The van der Waals surface area contributed by atoms with E-state index < -0.39 is 48.4 Å². The van der Waals surface area contributed by atoms with Crippen molar-refractivity contribution < 1.29 is 29.3 Å². The van der Waals surface area contributed by atoms with E-state index in [1.807, 2.05) is 30.3 Å². The third-order valence-electron chi connectivity index (χ3n) is 6.06. The fourth-order valence-corrected chi connectivity index (χ4v) is 3.33. The van der Waals surface area contributed by atoms with Crippen LogP contribution in [0, 0.1) is 12.3 Å². The number of nitrogens with one attached hydrogen (secondary N) is 2. The zero-order chi connectivity index (χ0) is 26.6. The van der Waals surface area contributed by atoms with E-state index in [2.05, 4.69) is 10.6 Å². The monoisotopic (exact) mass is 498 g/mol. The molecule has 36 heavy (non-hydrogen) atoms. The summed E-state index contributed by atoms with van der Waals surface area (Å²) < 4.78 is 5.80. The van der Waals surface area contributed by atoms with E-state index in [9.17, 15) is 24.6 Å². The second kappa shape index (κ2) is 14.2. The van der Waals surface area contributed by atoms with Gasteiger partial charge in [-0.05, 0) is 36.1 Å². The third-order valence-corrected chi connectivity index (χ3v) is 6.06. The Labute approximate surface area is 212 Å². The Hall–Kier alpha value is -3.43. The highest BCUT2D eigenvalue weighted by atomic mass is 16.5. The number of carbonyl (C=O) groups is 3. The van der Waals surface area contributed by atoms with E-state index in [1.54, 1.807) is 38.1 Å². The molecule has 9 heteroatoms. The molecule has 0 bridgehead atoms. The lowest BCUT2D eigenvalue weighted by Gasteiger charge is -2.32. The van der Waals surface area contributed by atoms with Crippen LogP contribution >= 0.6 is 0 Å². The molecule has 0 aliphatic carbocycles. The van der Waals surface area contributed by atoms with E-state index >= 15 is 0 Å². The predicted molar refractivity (Wildman–Crippen MR) is 135 cm³/mol. The van der Waals surface area contributed by atoms with Crippen LogP contribution in [0.4, 0.5) is 0 Å². The number of hydrogen-bond acceptors (Lipinski definition) is 6. The SMILES string of the molecule is CCC(CO)(CO)NC(=O)C(Cc1ccc(OCc2ccccc2)cc1)NC(=O)[CH]CC(C)C(N)=O. The van der Waals surface area contributed by atoms with Crippen LogP contribution < -0.4 is 21.1 Å². The van der Waals surface area contributed by atoms with Crippen LogP contribution in [-0.2, 0) is 27.4 Å². The summed E-state index contributed by atoms with van der Waals surface area (Å²) in [6.45, 7) is 2.84. The molecule has 2 rings (SSSR count). The number of nitrogens with two attached hydrogens (primary N) is 1. The molecule has 195 valence electrons. The van der Waals surface area contributed by atoms with Gasteiger partial charge in [0.25, 0.3) is 0 Å². The Balaban J connectivity index is 2.09. The molecule has 2 aromatic carbocycles. The van der Waals surface area contributed by atoms with Crippen molar-refractivity contribution in [1.29, 1.82) is 0 Å². The number of hydrogen-bond donors (Lipinski definition) is 5. The number of amides is 3. The summed E-state index contributed by atoms with van der Waals surface area (Å²) in [5, 5.41) is 24.8. The van der Waals surface area contributed by atoms with Crippen molar-refractivity contribution in [2.45, 2.75) is 51.3 Å². The Morgan fingerprint density at radius 1 is 1.03 bits per heavy atom. The largest absolute Gasteiger partial charge is 0.489 e. The van der Waals surface area contributed by atoms with E-state index in [4.69, 9.17) is 10.5 Å². The molecule has 0 saturated carbocycles. The van der Waals surface area contributed by atoms with Gasteiger partial charge >= 0.3 is 0 Å². The molecular weight excluding hydrogens is 462 g/mol. The minimum Gasteiger partial charge on any atom is -0.489 e. The van der Waals surface area contributed by atoms with Gasteiger partial charge in [0.05, 0.1) is 25.2 Å². The van der Waals surface area contributed by atoms with Gasteiger partial charge in [-0.15, -0.1) is 0 Å². The van der Waals surface area contributed by atoms with E-state index in [-0.39, 0.29) is 12.8 Å². The second-order valence-corrected chi connectivity index (χ2v) is 8.87. The van der Waals surface area contributed by atoms with Crippen molar-refractivity contribution in [3.05, 3.63) is 72.1 Å². The Morgan fingerprint density at radius 2 is 1.67 bits per heavy atom. The summed E-state index contributed by atoms with van der Waals surface area (Å²) in [7, 11) is 0. The lowest BCUT2D eigenvalue weighted by molar-refractivity contribution is -0.130. The molecule has 0 saturated heterocycles. The van der Waals surface area contributed by atoms with Gasteiger partial charge in [-0.3, -0.25) is 14.4 Å². The van der Waals surface area contributed by atoms with Crippen molar-refractivity contribution in [2.75, 3.05) is 13.2 Å². The molecule has 0 spiro atoms. The first kappa shape index (κ1) is 28.8. The number of benzene rings is 2. The van der Waals surface area contributed by atoms with Gasteiger partial charge in [-0.2, -0.15) is 0 Å². The summed E-state index contributed by atoms with van der Waals surface area (Å²) in [4.78, 5) is 36.8. The Kier molecular flexibility index (Phi) is 11.4. The molecule has 2 aromatic rings. The van der Waals surface area contributed by atoms with Gasteiger partial charge < -0.3 is 31.3 Å². The summed E-state index contributed by atoms with van der Waals surface area (Å²) in [6.07, 6.45) is 1.87. The van der Waals surface area contributed by atoms with Crippen LogP contribution in [0.2, 0.25) is 0 Å². The van der Waals surface area contributed by atoms with Gasteiger partial charge in [0.2, 0.25) is 17.7 Å². The van der Waals surface area contributed by atoms with Crippen molar-refractivity contribution in [2.24, 2.45) is 11.7 Å². The molecule has 3 amide bonds. The molecule has 0 fully saturated rings. The fraction of sp³-hybridized carbons (Fsp3) is 0.407. The Bertz CT molecular complexity index is 968. The molecule has 0 aromatic heterocycles. The van der Waals surface area contributed by atoms with Crippen molar-refractivity contribution in [3.63, 3.8) is 0 Å². The maximum Gasteiger partial charge on any atom is 0.243 e. The van der Waals surface area contributed by atoms with Gasteiger partial charge in [-0.1, -0.05) is 56.3 Å². The number of aliphatic hydroxyl groups excluding tert-OH is 2. The van der Waals surface area contributed by atoms with Gasteiger partial charge in [-0.25, -0.2) is 0 Å². The molecular formula is C27H36N3O6. The zero-order valence-corrected chi connectivity index (χ0v) is 20.8. The molecule has 9 nitrogen and oxygen atoms in total. The number of ether oxygens (including phenoxy) is 1. The molecule has 0 aliphatic heterocycles. The third kappa shape index (κ3) is 8.98. The minimum absolute atomic E-state index is 0.134. The molecule has 2 unspecified atom stereocenters. The first-order valence-electron chi connectivity index (χ1n) is 11.9. The van der Waals surface area contributed by atoms with Crippen LogP contribution in [0.1, 0.15) is 37.8 Å². The van der Waals surface area contributed by atoms with Crippen molar-refractivity contribution in [3.8, 4) is 5.75 Å². The van der Waals surface area contributed by atoms with Crippen LogP contribution in [0.5, 0.6) is 5.75 Å². The van der Waals surface area contributed by atoms with Crippen LogP contribution in [0.15, 0.2) is 54.6 Å². The highest BCUT2D eigenvalue weighted by Gasteiger charge is 2.32. The molecule has 1 radical (unpaired) electrons. The fourth-order valence-electron chi connectivity index (χ4n) is 3.33. The number of primary amides is 1. The molecule has 6 N–H and O–H groups in total. The summed E-state index contributed by atoms with van der Waals surface area (Å²) in [5.41, 5.74) is 5.84. The van der Waals surface area contributed by atoms with Crippen molar-refractivity contribution >= 4 is 17.7 Å². The predicted octanol–water partition coefficient (Wildman–Crippen LogP) is 1.26. The number of carbonyl (C=O) groups excluding carboxylic acids is 3. The van der Waals surface area contributed by atoms with Gasteiger partial charge in [0.1, 0.15) is 18.4 Å². The average molecular weight is 499 g/mol. The van der Waals surface area contributed by atoms with Crippen LogP contribution in [-0.4, -0.2) is 52.7 Å². The van der Waals surface area contributed by atoms with E-state index in [0.29, 0.717) is 18.8 Å². The smallest absolute Gasteiger partial charge is 0.243 e. The minimum atomic E-state index is -1.21. The molecule has 0 aliphatic rings. The average Bonchev–Trinajstić information content (AvgIpc) is 2.90. The van der Waals surface area contributed by atoms with Crippen LogP contribution in [0.25, 0.3) is 0 Å². The first-order valence-corrected chi connectivity index (χ1v) is 11.9. The molecule has 0 heterocycles. The highest BCUT2D eigenvalue weighted by Crippen LogP contribution is 2.16. The lowest BCUT2D eigenvalue weighted by atomic mass is 9.96. The summed E-state index contributed by atoms with van der Waals surface area (Å²) in [6, 6.07) is 15.9. The van der Waals surface area contributed by atoms with Gasteiger partial charge in [0.15, 0.2) is 0 Å². The summed E-state index contributed by atoms with van der Waals surface area (Å²) in [5.74, 6) is -1.47. The van der Waals surface area contributed by atoms with Crippen molar-refractivity contribution in [1.82, 2.24) is 10.6 Å². The molecule has 2 atom stereocenters. The highest BCUT2D eigenvalue weighted by molar-refractivity contribution is 5.92. The quantitative estimate of drug-likeness (QED) is 0.249. The second-order valence-electron chi connectivity index (χ2n) is 8.87. The number of aliphatic hydroxyl groups is 2. The van der Waals surface area contributed by atoms with Gasteiger partial charge in [0, 0.05) is 12.3 Å². The topological polar surface area (TPSA) is 151 Å². The normalized spacial score (nSPS) is 12.9. The zero-order valence-electron chi connectivity index (χ0n) is 20.8. The lowest BCUT2D eigenvalue weighted by Crippen LogP contribution is -2.59. The maximum atomic E-state index is 13.1. The van der Waals surface area contributed by atoms with Crippen LogP contribution in [0.3, 0.4) is 0 Å². The number of rotatable bonds is 15. The Morgan fingerprint density at radius 3 is 2.22 bits per heavy atom. The van der Waals surface area contributed by atoms with E-state index in [0.717, 1.165) is 11.1 Å².